The van der Waals surface area contributed by atoms with Crippen LogP contribution in [0.2, 0.25) is 0 Å². The molecule has 24 rings (SSSR count). The Hall–Kier alpha value is -18.2. The Kier molecular flexibility index (Phi) is 21.7. The topological polar surface area (TPSA) is 193 Å². The summed E-state index contributed by atoms with van der Waals surface area (Å²) in [5.74, 6) is 1.83. The van der Waals surface area contributed by atoms with Crippen molar-refractivity contribution in [1.29, 1.82) is 0 Å². The molecule has 0 fully saturated rings. The normalized spacial score (nSPS) is 11.2. The molecule has 0 amide bonds. The Morgan fingerprint density at radius 2 is 0.439 bits per heavy atom. The van der Waals surface area contributed by atoms with Crippen molar-refractivity contribution in [3.8, 4) is 169 Å². The number of aromatic nitrogens is 15. The van der Waals surface area contributed by atoms with Crippen molar-refractivity contribution in [2.75, 3.05) is 0 Å². The second-order valence-corrected chi connectivity index (χ2v) is 31.8. The van der Waals surface area contributed by atoms with E-state index < -0.39 is 0 Å². The molecule has 12 heterocycles. The molecule has 0 aliphatic heterocycles. The minimum absolute atomic E-state index is 0.559. The van der Waals surface area contributed by atoms with E-state index in [-0.39, 0.29) is 0 Å². The fourth-order valence-electron chi connectivity index (χ4n) is 17.1. The highest BCUT2D eigenvalue weighted by molar-refractivity contribution is 6.16. The van der Waals surface area contributed by atoms with Crippen LogP contribution in [-0.4, -0.2) is 74.8 Å². The van der Waals surface area contributed by atoms with Crippen LogP contribution in [0, 0.1) is 0 Å². The van der Waals surface area contributed by atoms with E-state index in [9.17, 15) is 0 Å². The monoisotopic (exact) mass is 1690 g/mol. The van der Waals surface area contributed by atoms with Crippen molar-refractivity contribution in [3.05, 3.63) is 456 Å². The van der Waals surface area contributed by atoms with Crippen molar-refractivity contribution in [2.45, 2.75) is 0 Å². The smallest absolute Gasteiger partial charge is 0.179 e. The summed E-state index contributed by atoms with van der Waals surface area (Å²) < 4.78 is 0. The third-order valence-electron chi connectivity index (χ3n) is 23.6. The average molecular weight is 1690 g/mol. The van der Waals surface area contributed by atoms with Gasteiger partial charge in [-0.25, -0.2) is 44.9 Å². The van der Waals surface area contributed by atoms with Crippen LogP contribution in [0.15, 0.2) is 456 Å². The van der Waals surface area contributed by atoms with Gasteiger partial charge < -0.3 is 0 Å². The standard InChI is InChI=1S/3C39H25N5/c1-2-10-26(11-3-1)31-24-35(42-33-21-20-27-12-4-5-13-30(27)38(31)33)28-16-18-29(19-17-28)36-25-37(32-14-6-8-22-40-32)44-39(43-36)34-15-7-9-23-41-34;1-2-8-26(9-3-1)33-22-35(42-34-19-18-27-10-4-5-13-32(27)38(33)34)28-14-16-29(17-15-28)36-23-37(30-11-6-20-40-24-30)44-39(43-36)31-12-7-21-41-25-31;1-2-6-26(7-3-1)33-24-35(42-34-15-14-27-8-4-5-9-32(27)38(33)34)28-10-12-29(13-11-28)36-25-37(30-16-20-40-21-17-30)44-39(43-36)31-18-22-41-23-19-31/h3*1-25H. The molecule has 15 nitrogen and oxygen atoms in total. The summed E-state index contributed by atoms with van der Waals surface area (Å²) in [4.78, 5) is 70.7. The van der Waals surface area contributed by atoms with E-state index in [1.807, 2.05) is 109 Å². The molecular weight excluding hydrogens is 1620 g/mol. The van der Waals surface area contributed by atoms with E-state index >= 15 is 0 Å². The molecule has 0 aliphatic rings. The van der Waals surface area contributed by atoms with Gasteiger partial charge in [0.25, 0.3) is 0 Å². The molecule has 12 aromatic heterocycles. The lowest BCUT2D eigenvalue weighted by molar-refractivity contribution is 1.13. The summed E-state index contributed by atoms with van der Waals surface area (Å²) in [6, 6.07) is 135. The van der Waals surface area contributed by atoms with Crippen LogP contribution in [0.5, 0.6) is 0 Å². The highest BCUT2D eigenvalue weighted by atomic mass is 14.9. The van der Waals surface area contributed by atoms with Crippen molar-refractivity contribution in [1.82, 2.24) is 74.8 Å². The predicted octanol–water partition coefficient (Wildman–Crippen LogP) is 27.9. The zero-order valence-corrected chi connectivity index (χ0v) is 71.0. The molecule has 24 aromatic rings. The Morgan fingerprint density at radius 1 is 0.144 bits per heavy atom. The van der Waals surface area contributed by atoms with Gasteiger partial charge in [0.2, 0.25) is 0 Å². The zero-order valence-electron chi connectivity index (χ0n) is 71.0. The van der Waals surface area contributed by atoms with Crippen LogP contribution in [-0.2, 0) is 0 Å². The summed E-state index contributed by atoms with van der Waals surface area (Å²) in [5, 5.41) is 10.7. The van der Waals surface area contributed by atoms with Gasteiger partial charge in [-0.1, -0.05) is 267 Å². The highest BCUT2D eigenvalue weighted by Crippen LogP contribution is 2.43. The second-order valence-electron chi connectivity index (χ2n) is 31.8. The van der Waals surface area contributed by atoms with Gasteiger partial charge in [0.05, 0.1) is 73.5 Å². The fraction of sp³-hybridized carbons (Fsp3) is 0. The summed E-state index contributed by atoms with van der Waals surface area (Å²) in [5.41, 5.74) is 28.8. The third-order valence-corrected chi connectivity index (χ3v) is 23.6. The summed E-state index contributed by atoms with van der Waals surface area (Å²) in [6.45, 7) is 0. The summed E-state index contributed by atoms with van der Waals surface area (Å²) >= 11 is 0. The lowest BCUT2D eigenvalue weighted by atomic mass is 9.94. The number of fused-ring (bicyclic) bond motifs is 9. The average Bonchev–Trinajstić information content (AvgIpc) is 0.758. The molecule has 132 heavy (non-hydrogen) atoms. The molecule has 0 unspecified atom stereocenters. The van der Waals surface area contributed by atoms with Crippen LogP contribution in [0.25, 0.3) is 234 Å². The molecule has 0 N–H and O–H groups in total. The quantitative estimate of drug-likeness (QED) is 0.0879. The molecule has 0 radical (unpaired) electrons. The van der Waals surface area contributed by atoms with Gasteiger partial charge in [-0.05, 0) is 193 Å². The van der Waals surface area contributed by atoms with Gasteiger partial charge >= 0.3 is 0 Å². The molecule has 12 aromatic carbocycles. The van der Waals surface area contributed by atoms with Gasteiger partial charge in [-0.3, -0.25) is 29.9 Å². The predicted molar refractivity (Wildman–Crippen MR) is 533 cm³/mol. The van der Waals surface area contributed by atoms with Gasteiger partial charge in [-0.15, -0.1) is 0 Å². The maximum absolute atomic E-state index is 5.15. The minimum atomic E-state index is 0.559. The Labute approximate surface area is 760 Å². The van der Waals surface area contributed by atoms with Crippen LogP contribution >= 0.6 is 0 Å². The Balaban J connectivity index is 0.000000116. The molecular formula is C117H75N15. The van der Waals surface area contributed by atoms with Gasteiger partial charge in [0.15, 0.2) is 17.5 Å². The van der Waals surface area contributed by atoms with E-state index in [0.717, 1.165) is 129 Å². The molecule has 618 valence electrons. The number of hydrogen-bond acceptors (Lipinski definition) is 15. The molecule has 0 saturated carbocycles. The molecule has 0 aliphatic carbocycles. The van der Waals surface area contributed by atoms with Crippen LogP contribution in [0.4, 0.5) is 0 Å². The zero-order chi connectivity index (χ0) is 87.9. The van der Waals surface area contributed by atoms with Crippen molar-refractivity contribution in [2.24, 2.45) is 0 Å². The first kappa shape index (κ1) is 79.7. The fourth-order valence-corrected chi connectivity index (χ4v) is 17.1. The SMILES string of the molecule is c1ccc(-c2cc(-c3ccc(-c4cc(-c5ccccn5)nc(-c5ccccn5)n4)cc3)nc3ccc4ccccc4c23)cc1.c1ccc(-c2cc(-c3ccc(-c4cc(-c5cccnc5)nc(-c5cccnc5)n4)cc3)nc3ccc4ccccc4c23)cc1.c1ccc(-c2cc(-c3ccc(-c4cc(-c5ccncc5)nc(-c5ccncc5)n4)cc3)nc3ccc4ccccc4c23)cc1. The van der Waals surface area contributed by atoms with Gasteiger partial charge in [-0.2, -0.15) is 0 Å². The number of benzene rings is 12. The Morgan fingerprint density at radius 3 is 0.811 bits per heavy atom. The maximum Gasteiger partial charge on any atom is 0.179 e. The van der Waals surface area contributed by atoms with Crippen molar-refractivity contribution >= 4 is 65.0 Å². The third kappa shape index (κ3) is 16.6. The molecule has 0 atom stereocenters. The maximum atomic E-state index is 5.15. The van der Waals surface area contributed by atoms with Crippen molar-refractivity contribution in [3.63, 3.8) is 0 Å². The first-order chi connectivity index (χ1) is 65.4. The lowest BCUT2D eigenvalue weighted by Gasteiger charge is -2.13. The van der Waals surface area contributed by atoms with Gasteiger partial charge in [0, 0.05) is 134 Å². The number of nitrogens with zero attached hydrogens (tertiary/aromatic N) is 15. The largest absolute Gasteiger partial charge is 0.265 e. The molecule has 0 spiro atoms. The number of pyridine rings is 9. The van der Waals surface area contributed by atoms with E-state index in [1.54, 1.807) is 55.8 Å². The van der Waals surface area contributed by atoms with Crippen LogP contribution in [0.1, 0.15) is 0 Å². The summed E-state index contributed by atoms with van der Waals surface area (Å²) in [6.07, 6.45) is 17.7. The number of rotatable bonds is 15. The second kappa shape index (κ2) is 36.0. The number of hydrogen-bond donors (Lipinski definition) is 0. The van der Waals surface area contributed by atoms with E-state index in [1.165, 1.54) is 81.9 Å². The van der Waals surface area contributed by atoms with Crippen molar-refractivity contribution < 1.29 is 0 Å². The van der Waals surface area contributed by atoms with E-state index in [4.69, 9.17) is 44.9 Å². The molecule has 15 heteroatoms. The van der Waals surface area contributed by atoms with Gasteiger partial charge in [0.1, 0.15) is 5.69 Å². The first-order valence-electron chi connectivity index (χ1n) is 43.5. The minimum Gasteiger partial charge on any atom is -0.265 e. The lowest BCUT2D eigenvalue weighted by Crippen LogP contribution is -1.98. The van der Waals surface area contributed by atoms with Crippen LogP contribution < -0.4 is 0 Å². The highest BCUT2D eigenvalue weighted by Gasteiger charge is 2.21. The molecule has 0 bridgehead atoms. The summed E-state index contributed by atoms with van der Waals surface area (Å²) in [7, 11) is 0. The first-order valence-corrected chi connectivity index (χ1v) is 43.5. The van der Waals surface area contributed by atoms with E-state index in [2.05, 4.69) is 321 Å². The van der Waals surface area contributed by atoms with Crippen LogP contribution in [0.3, 0.4) is 0 Å². The molecule has 0 saturated heterocycles. The Bertz CT molecular complexity index is 7360. The van der Waals surface area contributed by atoms with E-state index in [0.29, 0.717) is 23.2 Å².